The van der Waals surface area contributed by atoms with Crippen molar-refractivity contribution in [2.45, 2.75) is 20.8 Å². The van der Waals surface area contributed by atoms with Crippen LogP contribution in [0.3, 0.4) is 0 Å². The van der Waals surface area contributed by atoms with Crippen molar-refractivity contribution in [3.05, 3.63) is 119 Å². The fraction of sp³-hybridized carbons (Fsp3) is 0.0968. The van der Waals surface area contributed by atoms with E-state index >= 15 is 0 Å². The maximum atomic E-state index is 12.0. The van der Waals surface area contributed by atoms with Crippen LogP contribution in [0.15, 0.2) is 91.0 Å². The molecule has 6 rings (SSSR count). The molecule has 0 atom stereocenters. The highest BCUT2D eigenvalue weighted by molar-refractivity contribution is 6.53. The number of hydrogen-bond acceptors (Lipinski definition) is 4. The van der Waals surface area contributed by atoms with Gasteiger partial charge in [0.2, 0.25) is 23.1 Å². The second kappa shape index (κ2) is 9.82. The molecule has 0 radical (unpaired) electrons. The molecular weight excluding hydrogens is 436 g/mol. The highest BCUT2D eigenvalue weighted by Gasteiger charge is 2.30. The Morgan fingerprint density at radius 3 is 1.03 bits per heavy atom. The highest BCUT2D eigenvalue weighted by Crippen LogP contribution is 2.34. The van der Waals surface area contributed by atoms with Gasteiger partial charge in [-0.3, -0.25) is 19.2 Å². The van der Waals surface area contributed by atoms with Gasteiger partial charge in [0.25, 0.3) is 0 Å². The van der Waals surface area contributed by atoms with Crippen LogP contribution in [0.25, 0.3) is 22.3 Å². The summed E-state index contributed by atoms with van der Waals surface area (Å²) in [4.78, 5) is 47.6. The van der Waals surface area contributed by atoms with Crippen LogP contribution in [0.1, 0.15) is 60.8 Å². The highest BCUT2D eigenvalue weighted by atomic mass is 16.2. The Bertz CT molecular complexity index is 1440. The Hall–Kier alpha value is -4.44. The van der Waals surface area contributed by atoms with Crippen LogP contribution in [0, 0.1) is 6.92 Å². The van der Waals surface area contributed by atoms with E-state index in [1.165, 1.54) is 0 Å². The molecular formula is C31H24O4. The second-order valence-electron chi connectivity index (χ2n) is 8.00. The minimum Gasteiger partial charge on any atom is -0.285 e. The van der Waals surface area contributed by atoms with E-state index in [0.29, 0.717) is 22.3 Å². The lowest BCUT2D eigenvalue weighted by Crippen LogP contribution is -2.21. The molecule has 0 aromatic heterocycles. The molecule has 2 aliphatic rings. The van der Waals surface area contributed by atoms with Crippen LogP contribution in [0.4, 0.5) is 0 Å². The Labute approximate surface area is 204 Å². The molecule has 0 amide bonds. The molecule has 0 heterocycles. The molecule has 0 bridgehead atoms. The first kappa shape index (κ1) is 23.7. The molecule has 0 saturated carbocycles. The predicted molar refractivity (Wildman–Crippen MR) is 137 cm³/mol. The number of ketones is 4. The van der Waals surface area contributed by atoms with Crippen molar-refractivity contribution in [1.29, 1.82) is 0 Å². The first-order valence-corrected chi connectivity index (χ1v) is 11.5. The van der Waals surface area contributed by atoms with E-state index in [0.717, 1.165) is 27.8 Å². The Morgan fingerprint density at radius 2 is 0.657 bits per heavy atom. The van der Waals surface area contributed by atoms with Crippen molar-refractivity contribution >= 4 is 23.1 Å². The Kier molecular flexibility index (Phi) is 6.65. The van der Waals surface area contributed by atoms with E-state index in [4.69, 9.17) is 0 Å². The Morgan fingerprint density at radius 1 is 0.371 bits per heavy atom. The van der Waals surface area contributed by atoms with Gasteiger partial charge in [-0.05, 0) is 35.2 Å². The number of aryl methyl sites for hydroxylation is 1. The maximum Gasteiger partial charge on any atom is 0.234 e. The summed E-state index contributed by atoms with van der Waals surface area (Å²) >= 11 is 0. The summed E-state index contributed by atoms with van der Waals surface area (Å²) in [5, 5.41) is 0. The van der Waals surface area contributed by atoms with E-state index in [9.17, 15) is 19.2 Å². The molecule has 0 fully saturated rings. The van der Waals surface area contributed by atoms with Crippen LogP contribution in [0.5, 0.6) is 0 Å². The van der Waals surface area contributed by atoms with Crippen molar-refractivity contribution < 1.29 is 19.2 Å². The van der Waals surface area contributed by atoms with Crippen LogP contribution in [-0.2, 0) is 0 Å². The van der Waals surface area contributed by atoms with Crippen LogP contribution in [-0.4, -0.2) is 23.1 Å². The number of Topliss-reactive ketones (excluding diaryl/α,β-unsaturated/α-hetero) is 4. The SMILES string of the molecule is CC.Cc1ccc2c(c1)C(=O)C(=O)c1ccccc1-2.O=C1C(=O)c2ccccc2-c2ccccc21. The average Bonchev–Trinajstić information content (AvgIpc) is 2.92. The quantitative estimate of drug-likeness (QED) is 0.271. The van der Waals surface area contributed by atoms with E-state index in [1.807, 2.05) is 69.3 Å². The van der Waals surface area contributed by atoms with Gasteiger partial charge in [0.05, 0.1) is 0 Å². The molecule has 4 aromatic carbocycles. The van der Waals surface area contributed by atoms with E-state index in [2.05, 4.69) is 0 Å². The smallest absolute Gasteiger partial charge is 0.234 e. The van der Waals surface area contributed by atoms with Crippen LogP contribution in [0.2, 0.25) is 0 Å². The number of benzene rings is 4. The van der Waals surface area contributed by atoms with Gasteiger partial charge in [-0.2, -0.15) is 0 Å². The zero-order valence-electron chi connectivity index (χ0n) is 19.8. The molecule has 0 aliphatic heterocycles. The minimum atomic E-state index is -0.408. The summed E-state index contributed by atoms with van der Waals surface area (Å²) in [5.41, 5.74) is 6.44. The summed E-state index contributed by atoms with van der Waals surface area (Å²) in [6.45, 7) is 5.92. The number of hydrogen-bond donors (Lipinski definition) is 0. The molecule has 35 heavy (non-hydrogen) atoms. The average molecular weight is 461 g/mol. The third-order valence-corrected chi connectivity index (χ3v) is 5.93. The third kappa shape index (κ3) is 4.15. The van der Waals surface area contributed by atoms with Crippen LogP contribution < -0.4 is 0 Å². The molecule has 0 N–H and O–H groups in total. The number of rotatable bonds is 0. The number of carbonyl (C=O) groups excluding carboxylic acids is 4. The fourth-order valence-corrected chi connectivity index (χ4v) is 4.32. The molecule has 172 valence electrons. The van der Waals surface area contributed by atoms with E-state index in [1.54, 1.807) is 42.5 Å². The largest absolute Gasteiger partial charge is 0.285 e. The van der Waals surface area contributed by atoms with Gasteiger partial charge in [0, 0.05) is 22.3 Å². The monoisotopic (exact) mass is 460 g/mol. The lowest BCUT2D eigenvalue weighted by atomic mass is 9.83. The number of carbonyl (C=O) groups is 4. The third-order valence-electron chi connectivity index (χ3n) is 5.93. The molecule has 0 saturated heterocycles. The van der Waals surface area contributed by atoms with Crippen molar-refractivity contribution in [3.63, 3.8) is 0 Å². The first-order valence-electron chi connectivity index (χ1n) is 11.5. The van der Waals surface area contributed by atoms with Gasteiger partial charge in [-0.15, -0.1) is 0 Å². The van der Waals surface area contributed by atoms with Gasteiger partial charge < -0.3 is 0 Å². The Balaban J connectivity index is 0.000000155. The molecule has 0 unspecified atom stereocenters. The predicted octanol–water partition coefficient (Wildman–Crippen LogP) is 6.80. The maximum absolute atomic E-state index is 12.0. The second-order valence-corrected chi connectivity index (χ2v) is 8.00. The zero-order valence-corrected chi connectivity index (χ0v) is 19.8. The van der Waals surface area contributed by atoms with Crippen molar-refractivity contribution in [3.8, 4) is 22.3 Å². The van der Waals surface area contributed by atoms with Gasteiger partial charge in [0.15, 0.2) is 0 Å². The standard InChI is InChI=1S/C15H10O2.C14H8O2.C2H6/c1-9-6-7-11-10-4-2-3-5-12(10)14(16)15(17)13(11)8-9;15-13-11-7-3-1-5-9(11)10-6-2-4-8-12(10)14(13)16;1-2/h2-8H,1H3;1-8H;1-2H3. The number of fused-ring (bicyclic) bond motifs is 6. The molecule has 2 aliphatic carbocycles. The van der Waals surface area contributed by atoms with Crippen molar-refractivity contribution in [1.82, 2.24) is 0 Å². The summed E-state index contributed by atoms with van der Waals surface area (Å²) < 4.78 is 0. The van der Waals surface area contributed by atoms with Gasteiger partial charge in [-0.25, -0.2) is 0 Å². The van der Waals surface area contributed by atoms with Gasteiger partial charge in [-0.1, -0.05) is 104 Å². The summed E-state index contributed by atoms with van der Waals surface area (Å²) in [7, 11) is 0. The van der Waals surface area contributed by atoms with Gasteiger partial charge in [0.1, 0.15) is 0 Å². The summed E-state index contributed by atoms with van der Waals surface area (Å²) in [6, 6.07) is 27.3. The first-order chi connectivity index (χ1) is 17.0. The summed E-state index contributed by atoms with van der Waals surface area (Å²) in [6.07, 6.45) is 0. The van der Waals surface area contributed by atoms with Crippen LogP contribution >= 0.6 is 0 Å². The fourth-order valence-electron chi connectivity index (χ4n) is 4.32. The topological polar surface area (TPSA) is 68.3 Å². The molecule has 4 heteroatoms. The molecule has 4 aromatic rings. The van der Waals surface area contributed by atoms with Crippen molar-refractivity contribution in [2.75, 3.05) is 0 Å². The summed E-state index contributed by atoms with van der Waals surface area (Å²) in [5.74, 6) is -1.62. The normalized spacial score (nSPS) is 12.7. The zero-order chi connectivity index (χ0) is 25.1. The van der Waals surface area contributed by atoms with Crippen molar-refractivity contribution in [2.24, 2.45) is 0 Å². The van der Waals surface area contributed by atoms with E-state index in [-0.39, 0.29) is 0 Å². The van der Waals surface area contributed by atoms with E-state index < -0.39 is 23.1 Å². The van der Waals surface area contributed by atoms with Gasteiger partial charge >= 0.3 is 0 Å². The molecule has 0 spiro atoms. The lowest BCUT2D eigenvalue weighted by molar-refractivity contribution is 0.0815. The molecule has 4 nitrogen and oxygen atoms in total. The lowest BCUT2D eigenvalue weighted by Gasteiger charge is -2.17. The minimum absolute atomic E-state index is 0.401.